The highest BCUT2D eigenvalue weighted by Crippen LogP contribution is 2.39. The van der Waals surface area contributed by atoms with Gasteiger partial charge in [0, 0.05) is 24.7 Å². The Kier molecular flexibility index (Phi) is 5.70. The van der Waals surface area contributed by atoms with Gasteiger partial charge in [0.15, 0.2) is 6.17 Å². The molecule has 2 aliphatic rings. The first kappa shape index (κ1) is 21.9. The molecular formula is C18H19F6N4O2+. The van der Waals surface area contributed by atoms with E-state index in [0.717, 1.165) is 23.2 Å². The van der Waals surface area contributed by atoms with Crippen LogP contribution in [-0.2, 0) is 11.0 Å². The second-order valence-electron chi connectivity index (χ2n) is 7.21. The molecule has 0 aliphatic carbocycles. The van der Waals surface area contributed by atoms with Crippen molar-refractivity contribution in [1.82, 2.24) is 10.3 Å². The van der Waals surface area contributed by atoms with E-state index in [1.807, 2.05) is 0 Å². The van der Waals surface area contributed by atoms with Crippen molar-refractivity contribution in [2.45, 2.75) is 31.0 Å². The van der Waals surface area contributed by atoms with E-state index in [-0.39, 0.29) is 30.2 Å². The van der Waals surface area contributed by atoms with Gasteiger partial charge in [-0.05, 0) is 30.3 Å². The molecule has 2 heterocycles. The van der Waals surface area contributed by atoms with Gasteiger partial charge in [0.25, 0.3) is 0 Å². The lowest BCUT2D eigenvalue weighted by atomic mass is 10.0. The van der Waals surface area contributed by atoms with Crippen molar-refractivity contribution < 1.29 is 36.0 Å². The Hall–Kier alpha value is -2.79. The Morgan fingerprint density at radius 2 is 1.80 bits per heavy atom. The largest absolute Gasteiger partial charge is 0.459 e. The quantitative estimate of drug-likeness (QED) is 0.447. The zero-order chi connectivity index (χ0) is 22.3. The number of fused-ring (bicyclic) bond motifs is 1. The first-order chi connectivity index (χ1) is 13.9. The lowest BCUT2D eigenvalue weighted by molar-refractivity contribution is -0.735. The number of carbonyl (C=O) groups excluding carboxylic acids is 1. The fraction of sp³-hybridized carbons (Fsp3) is 0.500. The number of anilines is 1. The van der Waals surface area contributed by atoms with Gasteiger partial charge in [-0.2, -0.15) is 26.3 Å². The summed E-state index contributed by atoms with van der Waals surface area (Å²) in [6.45, 7) is 3.50. The third-order valence-corrected chi connectivity index (χ3v) is 5.21. The van der Waals surface area contributed by atoms with Crippen LogP contribution in [-0.4, -0.2) is 53.8 Å². The smallest absolute Gasteiger partial charge is 0.352 e. The average Bonchev–Trinajstić information content (AvgIpc) is 3.02. The Morgan fingerprint density at radius 3 is 2.33 bits per heavy atom. The monoisotopic (exact) mass is 437 g/mol. The molecule has 0 aromatic heterocycles. The fourth-order valence-electron chi connectivity index (χ4n) is 3.76. The van der Waals surface area contributed by atoms with Gasteiger partial charge in [-0.3, -0.25) is 4.79 Å². The Balaban J connectivity index is 1.89. The number of nitrogens with one attached hydrogen (secondary N) is 1. The predicted molar refractivity (Wildman–Crippen MR) is 94.1 cm³/mol. The molecule has 1 aromatic carbocycles. The molecule has 2 aliphatic heterocycles. The minimum Gasteiger partial charge on any atom is -0.352 e. The van der Waals surface area contributed by atoms with E-state index in [4.69, 9.17) is 0 Å². The van der Waals surface area contributed by atoms with E-state index in [1.54, 1.807) is 0 Å². The topological polar surface area (TPSA) is 55.7 Å². The zero-order valence-electron chi connectivity index (χ0n) is 15.6. The van der Waals surface area contributed by atoms with E-state index in [0.29, 0.717) is 0 Å². The van der Waals surface area contributed by atoms with Crippen molar-refractivity contribution in [2.75, 3.05) is 24.5 Å². The Bertz CT molecular complexity index is 823. The van der Waals surface area contributed by atoms with Crippen LogP contribution in [0.5, 0.6) is 0 Å². The average molecular weight is 437 g/mol. The minimum atomic E-state index is -4.75. The summed E-state index contributed by atoms with van der Waals surface area (Å²) in [5.74, 6) is -0.914. The van der Waals surface area contributed by atoms with Crippen LogP contribution >= 0.6 is 0 Å². The highest BCUT2D eigenvalue weighted by molar-refractivity contribution is 5.86. The maximum atomic E-state index is 13.3. The summed E-state index contributed by atoms with van der Waals surface area (Å²) < 4.78 is 78.4. The van der Waals surface area contributed by atoms with Crippen LogP contribution in [0.4, 0.5) is 32.0 Å². The van der Waals surface area contributed by atoms with Gasteiger partial charge in [0.05, 0.1) is 23.4 Å². The van der Waals surface area contributed by atoms with Gasteiger partial charge in [0.2, 0.25) is 5.91 Å². The molecule has 164 valence electrons. The van der Waals surface area contributed by atoms with Crippen molar-refractivity contribution in [3.63, 3.8) is 0 Å². The summed E-state index contributed by atoms with van der Waals surface area (Å²) in [5.41, 5.74) is -0.631. The maximum absolute atomic E-state index is 13.3. The van der Waals surface area contributed by atoms with E-state index in [1.165, 1.54) is 17.0 Å². The summed E-state index contributed by atoms with van der Waals surface area (Å²) in [5, 5.41) is 3.56. The standard InChI is InChI=1S/C18H18F6N4O2/c1-2-15(29)25-8-11-9-26(13-5-3-12(4-6-13)17(19,20)21)16-7-14(18(22,23)24)28(30)27(16)10-11/h2-6,11,14,16H,1,7-10H2/p+1. The number of alkyl halides is 6. The molecule has 0 saturated carbocycles. The molecule has 1 aromatic rings. The highest BCUT2D eigenvalue weighted by atomic mass is 19.4. The summed E-state index contributed by atoms with van der Waals surface area (Å²) in [7, 11) is 0. The third-order valence-electron chi connectivity index (χ3n) is 5.21. The summed E-state index contributed by atoms with van der Waals surface area (Å²) in [6, 6.07) is 1.77. The van der Waals surface area contributed by atoms with Crippen molar-refractivity contribution >= 4 is 11.6 Å². The van der Waals surface area contributed by atoms with Crippen LogP contribution in [0.3, 0.4) is 0 Å². The number of halogens is 6. The van der Waals surface area contributed by atoms with Crippen LogP contribution in [0.25, 0.3) is 0 Å². The number of nitrogens with zero attached hydrogens (tertiary/aromatic N) is 3. The second kappa shape index (κ2) is 7.80. The molecule has 1 N–H and O–H groups in total. The SMILES string of the molecule is C=CC(=O)NCC1CN(c2ccc(C(F)(F)F)cc2)C2CC(C(F)(F)F)[N+](=O)N2C1. The molecule has 3 unspecified atom stereocenters. The third kappa shape index (κ3) is 4.36. The fourth-order valence-corrected chi connectivity index (χ4v) is 3.76. The van der Waals surface area contributed by atoms with Gasteiger partial charge >= 0.3 is 18.4 Å². The second-order valence-corrected chi connectivity index (χ2v) is 7.21. The number of amides is 1. The van der Waals surface area contributed by atoms with Gasteiger partial charge in [-0.25, -0.2) is 0 Å². The number of nitroso groups, excluding NO2 is 1. The molecule has 2 fully saturated rings. The molecule has 2 saturated heterocycles. The molecule has 0 bridgehead atoms. The molecule has 30 heavy (non-hydrogen) atoms. The Morgan fingerprint density at radius 1 is 1.17 bits per heavy atom. The number of rotatable bonds is 4. The van der Waals surface area contributed by atoms with E-state index in [2.05, 4.69) is 11.9 Å². The number of benzene rings is 1. The number of carbonyl (C=O) groups is 1. The lowest BCUT2D eigenvalue weighted by Gasteiger charge is -2.40. The van der Waals surface area contributed by atoms with Crippen LogP contribution < -0.4 is 10.2 Å². The lowest BCUT2D eigenvalue weighted by Crippen LogP contribution is -2.58. The molecule has 3 atom stereocenters. The molecule has 0 spiro atoms. The first-order valence-electron chi connectivity index (χ1n) is 9.05. The van der Waals surface area contributed by atoms with Crippen LogP contribution in [0.1, 0.15) is 12.0 Å². The van der Waals surface area contributed by atoms with Crippen molar-refractivity contribution in [2.24, 2.45) is 5.92 Å². The normalized spacial score (nSPS) is 24.6. The molecule has 12 heteroatoms. The van der Waals surface area contributed by atoms with Crippen LogP contribution in [0.2, 0.25) is 0 Å². The molecule has 1 amide bonds. The van der Waals surface area contributed by atoms with Gasteiger partial charge in [0.1, 0.15) is 4.87 Å². The van der Waals surface area contributed by atoms with Gasteiger partial charge < -0.3 is 10.2 Å². The van der Waals surface area contributed by atoms with E-state index in [9.17, 15) is 36.0 Å². The zero-order valence-corrected chi connectivity index (χ0v) is 15.6. The van der Waals surface area contributed by atoms with Crippen molar-refractivity contribution in [3.05, 3.63) is 47.4 Å². The maximum Gasteiger partial charge on any atom is 0.459 e. The molecular weight excluding hydrogens is 418 g/mol. The van der Waals surface area contributed by atoms with Crippen molar-refractivity contribution in [1.29, 1.82) is 0 Å². The Labute approximate surface area is 167 Å². The minimum absolute atomic E-state index is 0.0324. The molecule has 0 radical (unpaired) electrons. The first-order valence-corrected chi connectivity index (χ1v) is 9.05. The summed E-state index contributed by atoms with van der Waals surface area (Å²) in [6.07, 6.45) is -9.77. The van der Waals surface area contributed by atoms with E-state index < -0.39 is 48.4 Å². The van der Waals surface area contributed by atoms with Crippen molar-refractivity contribution in [3.8, 4) is 0 Å². The van der Waals surface area contributed by atoms with Crippen LogP contribution in [0, 0.1) is 10.8 Å². The predicted octanol–water partition coefficient (Wildman–Crippen LogP) is 3.10. The number of hydrogen-bond donors (Lipinski definition) is 1. The van der Waals surface area contributed by atoms with E-state index >= 15 is 0 Å². The summed E-state index contributed by atoms with van der Waals surface area (Å²) >= 11 is 0. The van der Waals surface area contributed by atoms with Gasteiger partial charge in [-0.15, -0.1) is 5.01 Å². The number of hydrogen-bond acceptors (Lipinski definition) is 3. The highest BCUT2D eigenvalue weighted by Gasteiger charge is 2.64. The van der Waals surface area contributed by atoms with Gasteiger partial charge in [-0.1, -0.05) is 6.58 Å². The summed E-state index contributed by atoms with van der Waals surface area (Å²) in [4.78, 5) is 25.1. The molecule has 6 nitrogen and oxygen atoms in total. The number of hydrazine groups is 1. The molecule has 3 rings (SSSR count). The van der Waals surface area contributed by atoms with Crippen LogP contribution in [0.15, 0.2) is 36.9 Å².